The third-order valence-corrected chi connectivity index (χ3v) is 4.44. The topological polar surface area (TPSA) is 56.1 Å². The van der Waals surface area contributed by atoms with Crippen molar-refractivity contribution in [3.05, 3.63) is 53.9 Å². The number of aromatic nitrogens is 1. The predicted octanol–water partition coefficient (Wildman–Crippen LogP) is 1.99. The molecule has 0 fully saturated rings. The van der Waals surface area contributed by atoms with Crippen LogP contribution in [0.2, 0.25) is 0 Å². The van der Waals surface area contributed by atoms with Crippen LogP contribution < -0.4 is 0 Å². The average Bonchev–Trinajstić information content (AvgIpc) is 2.75. The quantitative estimate of drug-likeness (QED) is 0.803. The second-order valence-electron chi connectivity index (χ2n) is 4.56. The van der Waals surface area contributed by atoms with E-state index >= 15 is 0 Å². The normalized spacial score (nSPS) is 11.5. The number of sulfone groups is 1. The Labute approximate surface area is 112 Å². The highest BCUT2D eigenvalue weighted by Crippen LogP contribution is 2.14. The molecule has 0 unspecified atom stereocenters. The van der Waals surface area contributed by atoms with Crippen LogP contribution in [0, 0.1) is 6.92 Å². The number of carbonyl (C=O) groups is 1. The summed E-state index contributed by atoms with van der Waals surface area (Å²) in [7, 11) is -1.80. The van der Waals surface area contributed by atoms with Crippen LogP contribution in [0.5, 0.6) is 0 Å². The Morgan fingerprint density at radius 3 is 2.58 bits per heavy atom. The average molecular weight is 277 g/mol. The molecule has 0 aliphatic rings. The van der Waals surface area contributed by atoms with E-state index in [1.165, 1.54) is 6.07 Å². The fraction of sp³-hybridized carbons (Fsp3) is 0.214. The Morgan fingerprint density at radius 2 is 2.00 bits per heavy atom. The zero-order valence-corrected chi connectivity index (χ0v) is 11.6. The van der Waals surface area contributed by atoms with Gasteiger partial charge in [0.15, 0.2) is 15.6 Å². The molecule has 1 heterocycles. The molecule has 0 radical (unpaired) electrons. The van der Waals surface area contributed by atoms with E-state index in [4.69, 9.17) is 0 Å². The summed E-state index contributed by atoms with van der Waals surface area (Å²) in [6.07, 6.45) is 3.33. The maximum absolute atomic E-state index is 12.1. The third-order valence-electron chi connectivity index (χ3n) is 2.82. The van der Waals surface area contributed by atoms with E-state index in [1.54, 1.807) is 42.2 Å². The first-order chi connectivity index (χ1) is 8.88. The maximum atomic E-state index is 12.1. The molecule has 0 atom stereocenters. The lowest BCUT2D eigenvalue weighted by Gasteiger charge is -2.04. The molecule has 0 N–H and O–H groups in total. The van der Waals surface area contributed by atoms with Gasteiger partial charge in [-0.25, -0.2) is 8.42 Å². The second kappa shape index (κ2) is 5.01. The Balaban J connectivity index is 2.25. The van der Waals surface area contributed by atoms with Gasteiger partial charge in [-0.15, -0.1) is 0 Å². The van der Waals surface area contributed by atoms with Crippen molar-refractivity contribution in [3.8, 4) is 0 Å². The number of carbonyl (C=O) groups excluding carboxylic acids is 1. The van der Waals surface area contributed by atoms with Gasteiger partial charge in [-0.05, 0) is 30.7 Å². The number of hydrogen-bond acceptors (Lipinski definition) is 3. The lowest BCUT2D eigenvalue weighted by molar-refractivity contribution is 0.102. The predicted molar refractivity (Wildman–Crippen MR) is 73.0 cm³/mol. The van der Waals surface area contributed by atoms with E-state index in [-0.39, 0.29) is 10.7 Å². The highest BCUT2D eigenvalue weighted by atomic mass is 32.2. The number of hydrogen-bond donors (Lipinski definition) is 0. The zero-order chi connectivity index (χ0) is 14.0. The van der Waals surface area contributed by atoms with Crippen LogP contribution >= 0.6 is 0 Å². The molecule has 0 amide bonds. The summed E-state index contributed by atoms with van der Waals surface area (Å²) < 4.78 is 26.0. The van der Waals surface area contributed by atoms with Crippen LogP contribution in [0.3, 0.4) is 0 Å². The largest absolute Gasteiger partial charge is 0.357 e. The van der Waals surface area contributed by atoms with Crippen LogP contribution in [-0.4, -0.2) is 24.5 Å². The molecule has 0 spiro atoms. The van der Waals surface area contributed by atoms with Crippen LogP contribution in [-0.2, 0) is 16.9 Å². The number of rotatable bonds is 4. The van der Waals surface area contributed by atoms with E-state index in [1.807, 2.05) is 13.0 Å². The van der Waals surface area contributed by atoms with Crippen molar-refractivity contribution in [1.29, 1.82) is 0 Å². The molecule has 0 bridgehead atoms. The first kappa shape index (κ1) is 13.5. The van der Waals surface area contributed by atoms with Gasteiger partial charge in [0.25, 0.3) is 0 Å². The van der Waals surface area contributed by atoms with E-state index in [0.717, 1.165) is 5.56 Å². The number of benzene rings is 1. The monoisotopic (exact) mass is 277 g/mol. The Kier molecular flexibility index (Phi) is 3.57. The highest BCUT2D eigenvalue weighted by Gasteiger charge is 2.20. The fourth-order valence-electron chi connectivity index (χ4n) is 1.82. The van der Waals surface area contributed by atoms with Crippen molar-refractivity contribution in [2.75, 3.05) is 5.75 Å². The van der Waals surface area contributed by atoms with Crippen LogP contribution in [0.25, 0.3) is 0 Å². The van der Waals surface area contributed by atoms with Crippen molar-refractivity contribution in [2.24, 2.45) is 7.05 Å². The number of ketones is 1. The first-order valence-corrected chi connectivity index (χ1v) is 7.48. The summed E-state index contributed by atoms with van der Waals surface area (Å²) in [6, 6.07) is 8.20. The summed E-state index contributed by atoms with van der Waals surface area (Å²) in [5.74, 6) is -0.886. The summed E-state index contributed by atoms with van der Waals surface area (Å²) in [6.45, 7) is 1.82. The Bertz CT molecular complexity index is 714. The molecule has 100 valence electrons. The minimum atomic E-state index is -3.58. The van der Waals surface area contributed by atoms with E-state index in [0.29, 0.717) is 5.56 Å². The number of Topliss-reactive ketones (excluding diaryl/α,β-unsaturated/α-hetero) is 1. The fourth-order valence-corrected chi connectivity index (χ4v) is 3.15. The minimum absolute atomic E-state index is 0.191. The molecule has 1 aromatic carbocycles. The van der Waals surface area contributed by atoms with Gasteiger partial charge in [-0.3, -0.25) is 4.79 Å². The molecule has 0 saturated heterocycles. The molecule has 2 rings (SSSR count). The van der Waals surface area contributed by atoms with Crippen molar-refractivity contribution in [1.82, 2.24) is 4.57 Å². The maximum Gasteiger partial charge on any atom is 0.185 e. The molecule has 0 aliphatic carbocycles. The van der Waals surface area contributed by atoms with E-state index < -0.39 is 15.6 Å². The van der Waals surface area contributed by atoms with Gasteiger partial charge < -0.3 is 4.57 Å². The third kappa shape index (κ3) is 3.12. The molecule has 2 aromatic rings. The zero-order valence-electron chi connectivity index (χ0n) is 10.8. The summed E-state index contributed by atoms with van der Waals surface area (Å²) in [5, 5.41) is 0. The van der Waals surface area contributed by atoms with Crippen LogP contribution in [0.1, 0.15) is 15.9 Å². The van der Waals surface area contributed by atoms with E-state index in [2.05, 4.69) is 0 Å². The SMILES string of the molecule is Cc1cccc(S(=O)(=O)CC(=O)c2ccn(C)c2)c1. The summed E-state index contributed by atoms with van der Waals surface area (Å²) in [5.41, 5.74) is 1.27. The van der Waals surface area contributed by atoms with Gasteiger partial charge in [0, 0.05) is 25.0 Å². The Hall–Kier alpha value is -1.88. The van der Waals surface area contributed by atoms with Crippen molar-refractivity contribution in [2.45, 2.75) is 11.8 Å². The molecule has 19 heavy (non-hydrogen) atoms. The Morgan fingerprint density at radius 1 is 1.26 bits per heavy atom. The molecule has 4 nitrogen and oxygen atoms in total. The number of nitrogens with zero attached hydrogens (tertiary/aromatic N) is 1. The van der Waals surface area contributed by atoms with Gasteiger partial charge in [0.05, 0.1) is 4.90 Å². The van der Waals surface area contributed by atoms with Crippen molar-refractivity contribution in [3.63, 3.8) is 0 Å². The van der Waals surface area contributed by atoms with Gasteiger partial charge in [0.1, 0.15) is 5.75 Å². The highest BCUT2D eigenvalue weighted by molar-refractivity contribution is 7.92. The molecule has 0 saturated carbocycles. The lowest BCUT2D eigenvalue weighted by atomic mass is 10.2. The van der Waals surface area contributed by atoms with Gasteiger partial charge >= 0.3 is 0 Å². The second-order valence-corrected chi connectivity index (χ2v) is 6.55. The molecule has 5 heteroatoms. The summed E-state index contributed by atoms with van der Waals surface area (Å²) >= 11 is 0. The van der Waals surface area contributed by atoms with Crippen LogP contribution in [0.15, 0.2) is 47.6 Å². The van der Waals surface area contributed by atoms with Gasteiger partial charge in [-0.1, -0.05) is 12.1 Å². The molecular weight excluding hydrogens is 262 g/mol. The van der Waals surface area contributed by atoms with Crippen molar-refractivity contribution < 1.29 is 13.2 Å². The molecule has 0 aliphatic heterocycles. The summed E-state index contributed by atoms with van der Waals surface area (Å²) in [4.78, 5) is 12.1. The lowest BCUT2D eigenvalue weighted by Crippen LogP contribution is -2.16. The molecular formula is C14H15NO3S. The smallest absolute Gasteiger partial charge is 0.185 e. The van der Waals surface area contributed by atoms with Gasteiger partial charge in [0.2, 0.25) is 0 Å². The van der Waals surface area contributed by atoms with E-state index in [9.17, 15) is 13.2 Å². The minimum Gasteiger partial charge on any atom is -0.357 e. The standard InChI is InChI=1S/C14H15NO3S/c1-11-4-3-5-13(8-11)19(17,18)10-14(16)12-6-7-15(2)9-12/h3-9H,10H2,1-2H3. The van der Waals surface area contributed by atoms with Crippen LogP contribution in [0.4, 0.5) is 0 Å². The number of aryl methyl sites for hydroxylation is 2. The first-order valence-electron chi connectivity index (χ1n) is 5.83. The van der Waals surface area contributed by atoms with Crippen molar-refractivity contribution >= 4 is 15.6 Å². The molecule has 1 aromatic heterocycles. The van der Waals surface area contributed by atoms with Gasteiger partial charge in [-0.2, -0.15) is 0 Å².